The van der Waals surface area contributed by atoms with Crippen molar-refractivity contribution in [3.8, 4) is 0 Å². The van der Waals surface area contributed by atoms with Crippen molar-refractivity contribution in [1.29, 1.82) is 0 Å². The Hall–Kier alpha value is -0.680. The molecule has 72 valence electrons. The SMILES string of the molecule is CCN(c1nc(C)ns1)C1COC1. The molecule has 0 saturated carbocycles. The van der Waals surface area contributed by atoms with Gasteiger partial charge in [-0.15, -0.1) is 0 Å². The van der Waals surface area contributed by atoms with E-state index in [4.69, 9.17) is 4.74 Å². The monoisotopic (exact) mass is 199 g/mol. The van der Waals surface area contributed by atoms with Crippen molar-refractivity contribution in [1.82, 2.24) is 9.36 Å². The fourth-order valence-corrected chi connectivity index (χ4v) is 2.17. The van der Waals surface area contributed by atoms with Crippen LogP contribution in [0.5, 0.6) is 0 Å². The van der Waals surface area contributed by atoms with Crippen LogP contribution in [0.25, 0.3) is 0 Å². The second-order valence-corrected chi connectivity index (χ2v) is 3.83. The summed E-state index contributed by atoms with van der Waals surface area (Å²) in [6, 6.07) is 0.511. The van der Waals surface area contributed by atoms with Gasteiger partial charge in [-0.1, -0.05) is 0 Å². The van der Waals surface area contributed by atoms with E-state index < -0.39 is 0 Å². The first-order chi connectivity index (χ1) is 6.31. The minimum absolute atomic E-state index is 0.511. The minimum atomic E-state index is 0.511. The van der Waals surface area contributed by atoms with Crippen molar-refractivity contribution in [2.45, 2.75) is 19.9 Å². The van der Waals surface area contributed by atoms with Crippen LogP contribution < -0.4 is 4.90 Å². The van der Waals surface area contributed by atoms with E-state index in [1.54, 1.807) is 0 Å². The molecule has 1 aliphatic rings. The normalized spacial score (nSPS) is 17.1. The predicted octanol–water partition coefficient (Wildman–Crippen LogP) is 1.07. The molecule has 1 aliphatic heterocycles. The van der Waals surface area contributed by atoms with Crippen LogP contribution in [0.4, 0.5) is 5.13 Å². The lowest BCUT2D eigenvalue weighted by Crippen LogP contribution is -2.49. The third-order valence-corrected chi connectivity index (χ3v) is 3.01. The number of rotatable bonds is 3. The minimum Gasteiger partial charge on any atom is -0.377 e. The van der Waals surface area contributed by atoms with Crippen LogP contribution in [0.1, 0.15) is 12.7 Å². The summed E-state index contributed by atoms with van der Waals surface area (Å²) in [5.41, 5.74) is 0. The first-order valence-electron chi connectivity index (χ1n) is 4.46. The van der Waals surface area contributed by atoms with E-state index in [0.717, 1.165) is 30.7 Å². The molecule has 1 aromatic heterocycles. The molecule has 2 heterocycles. The van der Waals surface area contributed by atoms with Gasteiger partial charge >= 0.3 is 0 Å². The largest absolute Gasteiger partial charge is 0.377 e. The number of nitrogens with zero attached hydrogens (tertiary/aromatic N) is 3. The van der Waals surface area contributed by atoms with E-state index >= 15 is 0 Å². The van der Waals surface area contributed by atoms with Crippen molar-refractivity contribution < 1.29 is 4.74 Å². The predicted molar refractivity (Wildman–Crippen MR) is 52.3 cm³/mol. The van der Waals surface area contributed by atoms with Crippen LogP contribution in [0.15, 0.2) is 0 Å². The second-order valence-electron chi connectivity index (χ2n) is 3.10. The van der Waals surface area contributed by atoms with Crippen molar-refractivity contribution >= 4 is 16.7 Å². The second kappa shape index (κ2) is 3.59. The molecule has 1 fully saturated rings. The fourth-order valence-electron chi connectivity index (χ4n) is 1.36. The highest BCUT2D eigenvalue weighted by molar-refractivity contribution is 7.09. The van der Waals surface area contributed by atoms with Gasteiger partial charge in [0.1, 0.15) is 5.82 Å². The summed E-state index contributed by atoms with van der Waals surface area (Å²) in [4.78, 5) is 6.62. The summed E-state index contributed by atoms with van der Waals surface area (Å²) >= 11 is 1.47. The van der Waals surface area contributed by atoms with Gasteiger partial charge in [0.25, 0.3) is 0 Å². The van der Waals surface area contributed by atoms with Gasteiger partial charge in [0.05, 0.1) is 19.3 Å². The Morgan fingerprint density at radius 3 is 2.77 bits per heavy atom. The van der Waals surface area contributed by atoms with Crippen molar-refractivity contribution in [2.75, 3.05) is 24.7 Å². The van der Waals surface area contributed by atoms with E-state index in [2.05, 4.69) is 21.2 Å². The van der Waals surface area contributed by atoms with Gasteiger partial charge in [-0.2, -0.15) is 4.37 Å². The molecular formula is C8H13N3OS. The lowest BCUT2D eigenvalue weighted by atomic mass is 10.2. The van der Waals surface area contributed by atoms with Crippen LogP contribution in [-0.4, -0.2) is 35.2 Å². The zero-order chi connectivity index (χ0) is 9.26. The van der Waals surface area contributed by atoms with Crippen molar-refractivity contribution in [3.63, 3.8) is 0 Å². The highest BCUT2D eigenvalue weighted by Gasteiger charge is 2.26. The molecule has 0 N–H and O–H groups in total. The Kier molecular flexibility index (Phi) is 2.46. The number of hydrogen-bond acceptors (Lipinski definition) is 5. The molecule has 13 heavy (non-hydrogen) atoms. The van der Waals surface area contributed by atoms with Gasteiger partial charge in [0.15, 0.2) is 0 Å². The van der Waals surface area contributed by atoms with Crippen LogP contribution in [0, 0.1) is 6.92 Å². The highest BCUT2D eigenvalue weighted by atomic mass is 32.1. The molecular weight excluding hydrogens is 186 g/mol. The molecule has 0 unspecified atom stereocenters. The lowest BCUT2D eigenvalue weighted by molar-refractivity contribution is 0.00846. The Morgan fingerprint density at radius 2 is 2.38 bits per heavy atom. The molecule has 0 radical (unpaired) electrons. The van der Waals surface area contributed by atoms with Gasteiger partial charge in [0.2, 0.25) is 5.13 Å². The Balaban J connectivity index is 2.11. The first kappa shape index (κ1) is 8.90. The molecule has 5 heteroatoms. The van der Waals surface area contributed by atoms with Gasteiger partial charge in [-0.05, 0) is 13.8 Å². The molecule has 0 aromatic carbocycles. The fraction of sp³-hybridized carbons (Fsp3) is 0.750. The molecule has 4 nitrogen and oxygen atoms in total. The van der Waals surface area contributed by atoms with Crippen LogP contribution >= 0.6 is 11.5 Å². The van der Waals surface area contributed by atoms with Gasteiger partial charge in [-0.25, -0.2) is 4.98 Å². The molecule has 0 amide bonds. The number of hydrogen-bond donors (Lipinski definition) is 0. The van der Waals surface area contributed by atoms with E-state index in [1.807, 2.05) is 6.92 Å². The number of anilines is 1. The third kappa shape index (κ3) is 1.66. The quantitative estimate of drug-likeness (QED) is 0.730. The van der Waals surface area contributed by atoms with E-state index in [9.17, 15) is 0 Å². The third-order valence-electron chi connectivity index (χ3n) is 2.16. The number of ether oxygens (including phenoxy) is 1. The summed E-state index contributed by atoms with van der Waals surface area (Å²) < 4.78 is 9.34. The van der Waals surface area contributed by atoms with Gasteiger partial charge in [0, 0.05) is 18.1 Å². The molecule has 0 atom stereocenters. The Bertz CT molecular complexity index is 285. The summed E-state index contributed by atoms with van der Waals surface area (Å²) in [6.07, 6.45) is 0. The molecule has 0 bridgehead atoms. The maximum Gasteiger partial charge on any atom is 0.205 e. The first-order valence-corrected chi connectivity index (χ1v) is 5.23. The maximum absolute atomic E-state index is 5.16. The Morgan fingerprint density at radius 1 is 1.62 bits per heavy atom. The summed E-state index contributed by atoms with van der Waals surface area (Å²) in [5.74, 6) is 0.860. The van der Waals surface area contributed by atoms with Crippen molar-refractivity contribution in [3.05, 3.63) is 5.82 Å². The zero-order valence-corrected chi connectivity index (χ0v) is 8.67. The standard InChI is InChI=1S/C8H13N3OS/c1-3-11(7-4-12-5-7)8-9-6(2)10-13-8/h7H,3-5H2,1-2H3. The van der Waals surface area contributed by atoms with E-state index in [0.29, 0.717) is 6.04 Å². The molecule has 1 saturated heterocycles. The number of aromatic nitrogens is 2. The van der Waals surface area contributed by atoms with Crippen LogP contribution in [0.3, 0.4) is 0 Å². The summed E-state index contributed by atoms with van der Waals surface area (Å²) in [6.45, 7) is 6.68. The lowest BCUT2D eigenvalue weighted by Gasteiger charge is -2.36. The molecule has 2 rings (SSSR count). The average molecular weight is 199 g/mol. The van der Waals surface area contributed by atoms with Gasteiger partial charge < -0.3 is 9.64 Å². The summed E-state index contributed by atoms with van der Waals surface area (Å²) in [7, 11) is 0. The topological polar surface area (TPSA) is 38.2 Å². The van der Waals surface area contributed by atoms with Gasteiger partial charge in [-0.3, -0.25) is 0 Å². The van der Waals surface area contributed by atoms with Crippen LogP contribution in [0.2, 0.25) is 0 Å². The zero-order valence-electron chi connectivity index (χ0n) is 7.86. The van der Waals surface area contributed by atoms with Crippen molar-refractivity contribution in [2.24, 2.45) is 0 Å². The Labute approximate surface area is 81.7 Å². The van der Waals surface area contributed by atoms with Crippen LogP contribution in [-0.2, 0) is 4.74 Å². The molecule has 0 aliphatic carbocycles. The average Bonchev–Trinajstić information content (AvgIpc) is 2.43. The molecule has 1 aromatic rings. The van der Waals surface area contributed by atoms with E-state index in [1.165, 1.54) is 11.5 Å². The smallest absolute Gasteiger partial charge is 0.205 e. The maximum atomic E-state index is 5.16. The summed E-state index contributed by atoms with van der Waals surface area (Å²) in [5, 5.41) is 1.02. The number of likely N-dealkylation sites (N-methyl/N-ethyl adjacent to an activating group) is 1. The molecule has 0 spiro atoms. The van der Waals surface area contributed by atoms with E-state index in [-0.39, 0.29) is 0 Å². The number of aryl methyl sites for hydroxylation is 1. The highest BCUT2D eigenvalue weighted by Crippen LogP contribution is 2.22.